The van der Waals surface area contributed by atoms with Crippen molar-refractivity contribution in [1.82, 2.24) is 19.9 Å². The van der Waals surface area contributed by atoms with Gasteiger partial charge in [0.15, 0.2) is 5.82 Å². The predicted molar refractivity (Wildman–Crippen MR) is 156 cm³/mol. The fraction of sp³-hybridized carbons (Fsp3) is 0.581. The van der Waals surface area contributed by atoms with Crippen LogP contribution in [-0.2, 0) is 0 Å². The van der Waals surface area contributed by atoms with Crippen LogP contribution in [0.4, 0.5) is 14.6 Å². The molecule has 228 valence electrons. The maximum absolute atomic E-state index is 16.8. The molecule has 5 aliphatic rings. The highest BCUT2D eigenvalue weighted by Crippen LogP contribution is 2.51. The lowest BCUT2D eigenvalue weighted by Gasteiger charge is -2.52. The number of benzene rings is 1. The van der Waals surface area contributed by atoms with E-state index in [0.717, 1.165) is 37.8 Å². The first-order valence-electron chi connectivity index (χ1n) is 15.2. The number of nitrogens with zero attached hydrogens (tertiary/aromatic N) is 5. The maximum Gasteiger partial charge on any atom is 0.319 e. The van der Waals surface area contributed by atoms with Gasteiger partial charge in [-0.15, -0.1) is 0 Å². The first-order chi connectivity index (χ1) is 20.7. The monoisotopic (exact) mass is 613 g/mol. The number of hydrogen-bond donors (Lipinski definition) is 2. The number of ether oxygens (including phenoxy) is 2. The summed E-state index contributed by atoms with van der Waals surface area (Å²) in [4.78, 5) is 18.2. The molecule has 5 heterocycles. The van der Waals surface area contributed by atoms with E-state index >= 15 is 4.39 Å². The van der Waals surface area contributed by atoms with Crippen molar-refractivity contribution in [3.63, 3.8) is 0 Å². The largest absolute Gasteiger partial charge is 0.508 e. The van der Waals surface area contributed by atoms with Gasteiger partial charge >= 0.3 is 6.01 Å². The van der Waals surface area contributed by atoms with E-state index in [1.54, 1.807) is 0 Å². The SMILES string of the molecule is CN1c2nc(OC[C@@]34CCCN3C[C@H](F)C4)nc3c(F)c(-c4cc(O)cc(Cl)c4C4CC4)nc(c23)OCCC12CC(O)C2. The van der Waals surface area contributed by atoms with Crippen molar-refractivity contribution in [1.29, 1.82) is 0 Å². The molecule has 2 aliphatic carbocycles. The van der Waals surface area contributed by atoms with E-state index in [1.807, 2.05) is 11.9 Å². The summed E-state index contributed by atoms with van der Waals surface area (Å²) in [5.41, 5.74) is 0.283. The number of halogens is 3. The second-order valence-corrected chi connectivity index (χ2v) is 13.5. The summed E-state index contributed by atoms with van der Waals surface area (Å²) >= 11 is 6.57. The molecule has 2 atom stereocenters. The summed E-state index contributed by atoms with van der Waals surface area (Å²) in [6.07, 6.45) is 4.31. The molecule has 0 amide bonds. The molecular weight excluding hydrogens is 580 g/mol. The normalized spacial score (nSPS) is 30.2. The second kappa shape index (κ2) is 9.74. The Bertz CT molecular complexity index is 1630. The molecule has 2 aromatic heterocycles. The Kier molecular flexibility index (Phi) is 6.23. The average molecular weight is 614 g/mol. The number of phenolic OH excluding ortho intramolecular Hbond substituents is 1. The topological polar surface area (TPSA) is 104 Å². The molecule has 2 N–H and O–H groups in total. The van der Waals surface area contributed by atoms with Crippen LogP contribution in [0.2, 0.25) is 5.02 Å². The van der Waals surface area contributed by atoms with Crippen LogP contribution in [0.5, 0.6) is 17.6 Å². The molecular formula is C31H34ClF2N5O4. The minimum absolute atomic E-state index is 0.00756. The Morgan fingerprint density at radius 3 is 2.74 bits per heavy atom. The Morgan fingerprint density at radius 1 is 1.16 bits per heavy atom. The van der Waals surface area contributed by atoms with Gasteiger partial charge in [-0.05, 0) is 68.7 Å². The van der Waals surface area contributed by atoms with Gasteiger partial charge in [0, 0.05) is 42.6 Å². The summed E-state index contributed by atoms with van der Waals surface area (Å²) in [5, 5.41) is 21.4. The van der Waals surface area contributed by atoms with E-state index in [-0.39, 0.29) is 41.4 Å². The summed E-state index contributed by atoms with van der Waals surface area (Å²) < 4.78 is 43.7. The Morgan fingerprint density at radius 2 is 1.98 bits per heavy atom. The highest BCUT2D eigenvalue weighted by atomic mass is 35.5. The van der Waals surface area contributed by atoms with Crippen molar-refractivity contribution in [3.8, 4) is 28.9 Å². The molecule has 3 aromatic rings. The molecule has 2 saturated carbocycles. The van der Waals surface area contributed by atoms with Gasteiger partial charge < -0.3 is 24.6 Å². The third-order valence-electron chi connectivity index (χ3n) is 10.4. The van der Waals surface area contributed by atoms with E-state index in [4.69, 9.17) is 26.1 Å². The van der Waals surface area contributed by atoms with Crippen molar-refractivity contribution >= 4 is 28.3 Å². The van der Waals surface area contributed by atoms with Crippen LogP contribution in [0.25, 0.3) is 22.2 Å². The van der Waals surface area contributed by atoms with Gasteiger partial charge in [0.25, 0.3) is 0 Å². The third-order valence-corrected chi connectivity index (χ3v) is 10.7. The molecule has 0 radical (unpaired) electrons. The number of rotatable bonds is 5. The number of phenols is 1. The smallest absolute Gasteiger partial charge is 0.319 e. The Hall–Kier alpha value is -3.02. The Labute approximate surface area is 252 Å². The fourth-order valence-electron chi connectivity index (χ4n) is 7.95. The highest BCUT2D eigenvalue weighted by molar-refractivity contribution is 6.32. The zero-order chi connectivity index (χ0) is 29.7. The molecule has 0 bridgehead atoms. The van der Waals surface area contributed by atoms with Gasteiger partial charge in [-0.1, -0.05) is 11.6 Å². The van der Waals surface area contributed by atoms with Gasteiger partial charge in [0.05, 0.1) is 18.2 Å². The quantitative estimate of drug-likeness (QED) is 0.405. The maximum atomic E-state index is 16.8. The molecule has 1 spiro atoms. The number of alkyl halides is 1. The van der Waals surface area contributed by atoms with Crippen LogP contribution in [0.3, 0.4) is 0 Å². The predicted octanol–water partition coefficient (Wildman–Crippen LogP) is 5.13. The lowest BCUT2D eigenvalue weighted by Crippen LogP contribution is -2.59. The number of hydrogen-bond acceptors (Lipinski definition) is 9. The average Bonchev–Trinajstić information content (AvgIpc) is 3.63. The minimum atomic E-state index is -0.911. The summed E-state index contributed by atoms with van der Waals surface area (Å²) in [6, 6.07) is 2.95. The van der Waals surface area contributed by atoms with Gasteiger partial charge in [0.2, 0.25) is 5.88 Å². The third kappa shape index (κ3) is 4.33. The van der Waals surface area contributed by atoms with Gasteiger partial charge in [0.1, 0.15) is 40.9 Å². The van der Waals surface area contributed by atoms with Crippen LogP contribution >= 0.6 is 11.6 Å². The van der Waals surface area contributed by atoms with Gasteiger partial charge in [-0.2, -0.15) is 9.97 Å². The molecule has 8 rings (SSSR count). The molecule has 12 heteroatoms. The number of aromatic nitrogens is 3. The number of aliphatic hydroxyl groups excluding tert-OH is 1. The van der Waals surface area contributed by atoms with E-state index in [1.165, 1.54) is 12.1 Å². The molecule has 3 aliphatic heterocycles. The van der Waals surface area contributed by atoms with Crippen molar-refractivity contribution in [2.24, 2.45) is 0 Å². The van der Waals surface area contributed by atoms with Crippen LogP contribution in [0.15, 0.2) is 12.1 Å². The molecule has 43 heavy (non-hydrogen) atoms. The van der Waals surface area contributed by atoms with Gasteiger partial charge in [-0.3, -0.25) is 4.90 Å². The van der Waals surface area contributed by atoms with Crippen LogP contribution < -0.4 is 14.4 Å². The number of aromatic hydroxyl groups is 1. The van der Waals surface area contributed by atoms with Crippen molar-refractivity contribution < 1.29 is 28.5 Å². The second-order valence-electron chi connectivity index (χ2n) is 13.1. The zero-order valence-corrected chi connectivity index (χ0v) is 24.7. The number of aliphatic hydroxyl groups is 1. The molecule has 4 fully saturated rings. The van der Waals surface area contributed by atoms with E-state index in [9.17, 15) is 14.6 Å². The van der Waals surface area contributed by atoms with Crippen LogP contribution in [-0.4, -0.2) is 86.8 Å². The summed E-state index contributed by atoms with van der Waals surface area (Å²) in [6.45, 7) is 1.71. The first-order valence-corrected chi connectivity index (χ1v) is 15.5. The van der Waals surface area contributed by atoms with Crippen molar-refractivity contribution in [3.05, 3.63) is 28.5 Å². The number of anilines is 1. The molecule has 9 nitrogen and oxygen atoms in total. The molecule has 2 saturated heterocycles. The minimum Gasteiger partial charge on any atom is -0.508 e. The zero-order valence-electron chi connectivity index (χ0n) is 24.0. The van der Waals surface area contributed by atoms with Crippen molar-refractivity contribution in [2.75, 3.05) is 38.3 Å². The molecule has 1 aromatic carbocycles. The van der Waals surface area contributed by atoms with E-state index in [2.05, 4.69) is 14.9 Å². The van der Waals surface area contributed by atoms with E-state index in [0.29, 0.717) is 60.6 Å². The lowest BCUT2D eigenvalue weighted by atomic mass is 9.71. The summed E-state index contributed by atoms with van der Waals surface area (Å²) in [7, 11) is 1.89. The Balaban J connectivity index is 1.29. The van der Waals surface area contributed by atoms with E-state index < -0.39 is 29.2 Å². The number of fused-ring (bicyclic) bond motifs is 1. The van der Waals surface area contributed by atoms with Crippen molar-refractivity contribution in [2.45, 2.75) is 80.6 Å². The van der Waals surface area contributed by atoms with Crippen LogP contribution in [0, 0.1) is 5.82 Å². The first kappa shape index (κ1) is 27.5. The molecule has 0 unspecified atom stereocenters. The standard InChI is InChI=1S/C31H34ClF2N5O4/c1-38-27-23-26(36-29(37-27)43-15-31-5-2-7-39(31)14-17(33)11-31)24(34)25(20-9-18(40)10-21(32)22(20)16-3-4-16)35-28(23)42-8-6-30(38)12-19(41)13-30/h9-10,16-17,19,40-41H,2-8,11-15H2,1H3/t17-,19?,30?,31+/m1/s1. The van der Waals surface area contributed by atoms with Crippen LogP contribution in [0.1, 0.15) is 62.8 Å². The van der Waals surface area contributed by atoms with Gasteiger partial charge in [-0.25, -0.2) is 13.8 Å². The lowest BCUT2D eigenvalue weighted by molar-refractivity contribution is 0.00887. The highest BCUT2D eigenvalue weighted by Gasteiger charge is 2.51. The summed E-state index contributed by atoms with van der Waals surface area (Å²) in [5.74, 6) is -0.0336. The number of pyridine rings is 1. The fourth-order valence-corrected chi connectivity index (χ4v) is 8.32.